The summed E-state index contributed by atoms with van der Waals surface area (Å²) in [7, 11) is 0. The Morgan fingerprint density at radius 1 is 1.23 bits per heavy atom. The third kappa shape index (κ3) is 4.22. The quantitative estimate of drug-likeness (QED) is 0.652. The van der Waals surface area contributed by atoms with E-state index in [1.54, 1.807) is 0 Å². The molecule has 4 heterocycles. The Balaban J connectivity index is 1.39. The van der Waals surface area contributed by atoms with Crippen molar-refractivity contribution in [1.82, 2.24) is 10.1 Å². The Morgan fingerprint density at radius 3 is 2.77 bits per heavy atom. The third-order valence-corrected chi connectivity index (χ3v) is 8.35. The Kier molecular flexibility index (Phi) is 6.11. The lowest BCUT2D eigenvalue weighted by molar-refractivity contribution is -0.180. The van der Waals surface area contributed by atoms with E-state index in [0.29, 0.717) is 32.4 Å². The normalized spacial score (nSPS) is 29.5. The average Bonchev–Trinajstić information content (AvgIpc) is 3.39. The van der Waals surface area contributed by atoms with Gasteiger partial charge in [-0.25, -0.2) is 0 Å². The molecule has 8 nitrogen and oxygen atoms in total. The van der Waals surface area contributed by atoms with Crippen molar-refractivity contribution in [1.29, 1.82) is 0 Å². The van der Waals surface area contributed by atoms with Crippen molar-refractivity contribution in [2.45, 2.75) is 83.0 Å². The zero-order valence-electron chi connectivity index (χ0n) is 20.7. The number of rotatable bonds is 6. The van der Waals surface area contributed by atoms with Gasteiger partial charge >= 0.3 is 5.97 Å². The van der Waals surface area contributed by atoms with Gasteiger partial charge in [0.1, 0.15) is 17.1 Å². The first-order valence-corrected chi connectivity index (χ1v) is 12.6. The molecule has 2 saturated heterocycles. The molecule has 0 aliphatic carbocycles. The van der Waals surface area contributed by atoms with Crippen LogP contribution in [0.3, 0.4) is 0 Å². The number of carboxylic acids is 1. The van der Waals surface area contributed by atoms with E-state index in [4.69, 9.17) is 14.0 Å². The maximum Gasteiger partial charge on any atom is 0.303 e. The molecule has 0 saturated carbocycles. The zero-order chi connectivity index (χ0) is 24.8. The lowest BCUT2D eigenvalue weighted by Crippen LogP contribution is -2.60. The minimum Gasteiger partial charge on any atom is -0.487 e. The highest BCUT2D eigenvalue weighted by atomic mass is 16.5. The lowest BCUT2D eigenvalue weighted by atomic mass is 9.68. The molecule has 2 fully saturated rings. The van der Waals surface area contributed by atoms with Gasteiger partial charge < -0.3 is 24.0 Å². The van der Waals surface area contributed by atoms with Gasteiger partial charge in [0.15, 0.2) is 0 Å². The van der Waals surface area contributed by atoms with E-state index in [1.807, 2.05) is 49.9 Å². The summed E-state index contributed by atoms with van der Waals surface area (Å²) in [5.74, 6) is 0.753. The van der Waals surface area contributed by atoms with Gasteiger partial charge in [-0.2, -0.15) is 0 Å². The molecular weight excluding hydrogens is 448 g/mol. The Hall–Kier alpha value is -2.87. The number of carbonyl (C=O) groups excluding carboxylic acids is 1. The summed E-state index contributed by atoms with van der Waals surface area (Å²) < 4.78 is 18.3. The smallest absolute Gasteiger partial charge is 0.303 e. The number of aliphatic carboxylic acids is 1. The molecule has 0 bridgehead atoms. The molecule has 4 atom stereocenters. The number of benzene rings is 1. The van der Waals surface area contributed by atoms with Gasteiger partial charge in [0.05, 0.1) is 23.9 Å². The first-order valence-electron chi connectivity index (χ1n) is 12.6. The van der Waals surface area contributed by atoms with E-state index in [9.17, 15) is 14.7 Å². The summed E-state index contributed by atoms with van der Waals surface area (Å²) in [4.78, 5) is 27.0. The summed E-state index contributed by atoms with van der Waals surface area (Å²) in [5, 5.41) is 13.4. The van der Waals surface area contributed by atoms with Gasteiger partial charge in [-0.3, -0.25) is 9.59 Å². The number of amides is 1. The van der Waals surface area contributed by atoms with Crippen molar-refractivity contribution >= 4 is 11.9 Å². The highest BCUT2D eigenvalue weighted by molar-refractivity contribution is 5.78. The topological polar surface area (TPSA) is 102 Å². The van der Waals surface area contributed by atoms with Gasteiger partial charge in [-0.05, 0) is 58.9 Å². The maximum absolute atomic E-state index is 13.5. The standard InChI is InChI=1S/C27H34N2O6/c1-17-19(18(2)35-28-17)9-10-23(30)29-14-6-12-27(29)15-21-25(33-16-27)20-7-4-5-8-22(20)34-26(21,3)13-11-24(31)32/h4-5,7-8,21,25H,6,9-16H2,1-3H3,(H,31,32)/t21-,25+,26+,27+/m1/s1. The molecule has 188 valence electrons. The first-order chi connectivity index (χ1) is 16.7. The summed E-state index contributed by atoms with van der Waals surface area (Å²) in [6, 6.07) is 7.87. The van der Waals surface area contributed by atoms with Crippen LogP contribution in [0.2, 0.25) is 0 Å². The number of ether oxygens (including phenoxy) is 2. The molecule has 3 aliphatic heterocycles. The molecule has 1 N–H and O–H groups in total. The number of carbonyl (C=O) groups is 2. The number of hydrogen-bond donors (Lipinski definition) is 1. The number of hydrogen-bond acceptors (Lipinski definition) is 6. The van der Waals surface area contributed by atoms with E-state index in [1.165, 1.54) is 0 Å². The molecule has 8 heteroatoms. The molecule has 3 aliphatic rings. The Morgan fingerprint density at radius 2 is 2.03 bits per heavy atom. The van der Waals surface area contributed by atoms with Crippen LogP contribution < -0.4 is 4.74 Å². The molecule has 2 aromatic rings. The fourth-order valence-electron chi connectivity index (χ4n) is 6.42. The fourth-order valence-corrected chi connectivity index (χ4v) is 6.42. The van der Waals surface area contributed by atoms with Crippen molar-refractivity contribution in [2.24, 2.45) is 5.92 Å². The Bertz CT molecular complexity index is 1110. The van der Waals surface area contributed by atoms with E-state index in [0.717, 1.165) is 47.6 Å². The van der Waals surface area contributed by atoms with Crippen LogP contribution in [0.15, 0.2) is 28.8 Å². The van der Waals surface area contributed by atoms with E-state index < -0.39 is 17.1 Å². The van der Waals surface area contributed by atoms with E-state index in [-0.39, 0.29) is 24.3 Å². The molecule has 35 heavy (non-hydrogen) atoms. The highest BCUT2D eigenvalue weighted by Crippen LogP contribution is 2.55. The monoisotopic (exact) mass is 482 g/mol. The molecule has 1 spiro atoms. The van der Waals surface area contributed by atoms with Crippen LogP contribution in [-0.4, -0.2) is 51.3 Å². The molecule has 1 aromatic heterocycles. The van der Waals surface area contributed by atoms with Crippen molar-refractivity contribution in [3.05, 3.63) is 46.8 Å². The molecule has 5 rings (SSSR count). The molecule has 0 unspecified atom stereocenters. The number of likely N-dealkylation sites (tertiary alicyclic amines) is 1. The van der Waals surface area contributed by atoms with Crippen LogP contribution in [0.4, 0.5) is 0 Å². The van der Waals surface area contributed by atoms with E-state index >= 15 is 0 Å². The highest BCUT2D eigenvalue weighted by Gasteiger charge is 2.57. The second kappa shape index (κ2) is 8.97. The SMILES string of the molecule is Cc1noc(C)c1CCC(=O)N1CCC[C@]12CO[C@H]1c3ccccc3O[C@@](C)(CCC(=O)O)[C@@H]1C2. The third-order valence-electron chi connectivity index (χ3n) is 8.35. The average molecular weight is 483 g/mol. The van der Waals surface area contributed by atoms with Crippen LogP contribution in [0.25, 0.3) is 0 Å². The Labute approximate surface area is 205 Å². The number of carboxylic acid groups (broad SMARTS) is 1. The molecular formula is C27H34N2O6. The second-order valence-electron chi connectivity index (χ2n) is 10.6. The van der Waals surface area contributed by atoms with Crippen LogP contribution in [-0.2, 0) is 20.7 Å². The van der Waals surface area contributed by atoms with Gasteiger partial charge in [0, 0.05) is 36.4 Å². The molecule has 0 radical (unpaired) electrons. The number of aryl methyl sites for hydroxylation is 2. The lowest BCUT2D eigenvalue weighted by Gasteiger charge is -2.54. The predicted octanol–water partition coefficient (Wildman–Crippen LogP) is 4.38. The summed E-state index contributed by atoms with van der Waals surface area (Å²) in [5.41, 5.74) is 1.76. The fraction of sp³-hybridized carbons (Fsp3) is 0.593. The predicted molar refractivity (Wildman–Crippen MR) is 127 cm³/mol. The second-order valence-corrected chi connectivity index (χ2v) is 10.6. The van der Waals surface area contributed by atoms with Crippen molar-refractivity contribution in [2.75, 3.05) is 13.2 Å². The molecule has 1 amide bonds. The summed E-state index contributed by atoms with van der Waals surface area (Å²) >= 11 is 0. The number of fused-ring (bicyclic) bond motifs is 3. The minimum atomic E-state index is -0.839. The van der Waals surface area contributed by atoms with Crippen LogP contribution in [0, 0.1) is 19.8 Å². The van der Waals surface area contributed by atoms with E-state index in [2.05, 4.69) is 5.16 Å². The number of nitrogens with zero attached hydrogens (tertiary/aromatic N) is 2. The van der Waals surface area contributed by atoms with Crippen molar-refractivity contribution < 1.29 is 28.7 Å². The van der Waals surface area contributed by atoms with Gasteiger partial charge in [-0.1, -0.05) is 23.4 Å². The summed E-state index contributed by atoms with van der Waals surface area (Å²) in [6.07, 6.45) is 3.78. The maximum atomic E-state index is 13.5. The number of para-hydroxylation sites is 1. The largest absolute Gasteiger partial charge is 0.487 e. The van der Waals surface area contributed by atoms with Crippen molar-refractivity contribution in [3.8, 4) is 5.75 Å². The van der Waals surface area contributed by atoms with Crippen LogP contribution >= 0.6 is 0 Å². The zero-order valence-corrected chi connectivity index (χ0v) is 20.7. The summed E-state index contributed by atoms with van der Waals surface area (Å²) in [6.45, 7) is 6.98. The van der Waals surface area contributed by atoms with Gasteiger partial charge in [0.25, 0.3) is 0 Å². The van der Waals surface area contributed by atoms with Crippen LogP contribution in [0.1, 0.15) is 74.1 Å². The first kappa shape index (κ1) is 23.9. The van der Waals surface area contributed by atoms with Gasteiger partial charge in [-0.15, -0.1) is 0 Å². The number of aromatic nitrogens is 1. The molecule has 1 aromatic carbocycles. The van der Waals surface area contributed by atoms with Gasteiger partial charge in [0.2, 0.25) is 5.91 Å². The van der Waals surface area contributed by atoms with Crippen molar-refractivity contribution in [3.63, 3.8) is 0 Å². The minimum absolute atomic E-state index is 0.0228. The van der Waals surface area contributed by atoms with Crippen LogP contribution in [0.5, 0.6) is 5.75 Å².